The third kappa shape index (κ3) is 4.24. The molecule has 2 saturated heterocycles. The van der Waals surface area contributed by atoms with Crippen molar-refractivity contribution in [2.45, 2.75) is 57.3 Å². The van der Waals surface area contributed by atoms with Gasteiger partial charge in [-0.3, -0.25) is 4.90 Å². The summed E-state index contributed by atoms with van der Waals surface area (Å²) in [6.07, 6.45) is 1.53. The number of benzene rings is 1. The van der Waals surface area contributed by atoms with Crippen LogP contribution in [0.3, 0.4) is 0 Å². The third-order valence-electron chi connectivity index (χ3n) is 5.82. The zero-order valence-corrected chi connectivity index (χ0v) is 17.3. The van der Waals surface area contributed by atoms with Gasteiger partial charge in [-0.2, -0.15) is 5.26 Å². The molecule has 6 nitrogen and oxygen atoms in total. The molecule has 0 radical (unpaired) electrons. The number of hydrogen-bond donors (Lipinski definition) is 0. The van der Waals surface area contributed by atoms with Crippen LogP contribution < -0.4 is 0 Å². The fourth-order valence-electron chi connectivity index (χ4n) is 4.28. The summed E-state index contributed by atoms with van der Waals surface area (Å²) in [6.45, 7) is 8.71. The van der Waals surface area contributed by atoms with Crippen molar-refractivity contribution in [2.75, 3.05) is 32.8 Å². The van der Waals surface area contributed by atoms with E-state index in [4.69, 9.17) is 9.47 Å². The highest BCUT2D eigenvalue weighted by Crippen LogP contribution is 2.46. The van der Waals surface area contributed by atoms with Crippen LogP contribution in [-0.2, 0) is 9.47 Å². The van der Waals surface area contributed by atoms with E-state index in [1.165, 1.54) is 6.07 Å². The largest absolute Gasteiger partial charge is 0.444 e. The van der Waals surface area contributed by atoms with Crippen molar-refractivity contribution in [3.8, 4) is 6.07 Å². The van der Waals surface area contributed by atoms with E-state index < -0.39 is 11.4 Å². The highest BCUT2D eigenvalue weighted by Gasteiger charge is 2.39. The van der Waals surface area contributed by atoms with Crippen molar-refractivity contribution >= 4 is 6.09 Å². The minimum absolute atomic E-state index is 0.118. The number of fused-ring (bicyclic) bond motifs is 1. The number of carbonyl (C=O) groups is 1. The van der Waals surface area contributed by atoms with Crippen LogP contribution in [0.25, 0.3) is 0 Å². The number of amides is 1. The lowest BCUT2D eigenvalue weighted by molar-refractivity contribution is -0.0909. The van der Waals surface area contributed by atoms with Crippen molar-refractivity contribution in [1.82, 2.24) is 9.80 Å². The van der Waals surface area contributed by atoms with E-state index in [1.54, 1.807) is 11.0 Å². The van der Waals surface area contributed by atoms with Crippen molar-refractivity contribution in [2.24, 2.45) is 0 Å². The molecule has 0 aromatic heterocycles. The molecule has 3 aliphatic rings. The molecule has 0 spiro atoms. The first kappa shape index (κ1) is 20.1. The summed E-state index contributed by atoms with van der Waals surface area (Å²) in [7, 11) is 0. The van der Waals surface area contributed by atoms with Crippen LogP contribution in [-0.4, -0.2) is 60.3 Å². The second-order valence-electron chi connectivity index (χ2n) is 9.21. The number of ether oxygens (including phenoxy) is 2. The van der Waals surface area contributed by atoms with Crippen LogP contribution in [0.15, 0.2) is 12.1 Å². The maximum Gasteiger partial charge on any atom is 0.410 e. The van der Waals surface area contributed by atoms with Crippen molar-refractivity contribution in [3.63, 3.8) is 0 Å². The summed E-state index contributed by atoms with van der Waals surface area (Å²) < 4.78 is 25.8. The van der Waals surface area contributed by atoms with E-state index in [-0.39, 0.29) is 29.7 Å². The van der Waals surface area contributed by atoms with Gasteiger partial charge in [-0.15, -0.1) is 0 Å². The summed E-state index contributed by atoms with van der Waals surface area (Å²) in [5.41, 5.74) is 1.44. The molecule has 2 aliphatic heterocycles. The Morgan fingerprint density at radius 2 is 2.03 bits per heavy atom. The Labute approximate surface area is 171 Å². The number of nitrogens with zero attached hydrogens (tertiary/aromatic N) is 3. The molecule has 0 unspecified atom stereocenters. The highest BCUT2D eigenvalue weighted by molar-refractivity contribution is 5.68. The smallest absolute Gasteiger partial charge is 0.410 e. The monoisotopic (exact) mass is 401 g/mol. The maximum absolute atomic E-state index is 14.2. The molecule has 1 saturated carbocycles. The molecule has 2 atom stereocenters. The van der Waals surface area contributed by atoms with Crippen molar-refractivity contribution in [1.29, 1.82) is 5.26 Å². The predicted octanol–water partition coefficient (Wildman–Crippen LogP) is 3.57. The average Bonchev–Trinajstić information content (AvgIpc) is 3.50. The molecular formula is C22H28FN3O3. The fourth-order valence-corrected chi connectivity index (χ4v) is 4.28. The summed E-state index contributed by atoms with van der Waals surface area (Å²) in [5, 5.41) is 9.46. The van der Waals surface area contributed by atoms with Gasteiger partial charge in [-0.25, -0.2) is 9.18 Å². The second-order valence-corrected chi connectivity index (χ2v) is 9.21. The number of hydrogen-bond acceptors (Lipinski definition) is 5. The predicted molar refractivity (Wildman–Crippen MR) is 105 cm³/mol. The zero-order valence-electron chi connectivity index (χ0n) is 17.3. The highest BCUT2D eigenvalue weighted by atomic mass is 19.1. The molecule has 0 bridgehead atoms. The van der Waals surface area contributed by atoms with Gasteiger partial charge in [-0.1, -0.05) is 6.07 Å². The fraction of sp³-hybridized carbons (Fsp3) is 0.636. The SMILES string of the molecule is CC(C)(C)OC(=O)N1CCN2C[C@@H](c3ccc(F)c(C#N)c3C3CC3)OC[C@@H]2C1. The molecule has 0 N–H and O–H groups in total. The Kier molecular flexibility index (Phi) is 5.26. The minimum atomic E-state index is -0.511. The molecule has 1 aromatic carbocycles. The standard InChI is InChI=1S/C22H28FN3O3/c1-22(2,3)29-21(27)26-9-8-25-12-19(28-13-15(25)11-26)16-6-7-18(23)17(10-24)20(16)14-4-5-14/h6-7,14-15,19H,4-5,8-9,11-13H2,1-3H3/t15-,19-/m0/s1. The van der Waals surface area contributed by atoms with Gasteiger partial charge in [-0.05, 0) is 56.7 Å². The lowest BCUT2D eigenvalue weighted by Crippen LogP contribution is -2.60. The topological polar surface area (TPSA) is 65.8 Å². The van der Waals surface area contributed by atoms with E-state index >= 15 is 0 Å². The van der Waals surface area contributed by atoms with Crippen molar-refractivity contribution < 1.29 is 18.7 Å². The van der Waals surface area contributed by atoms with E-state index in [0.29, 0.717) is 26.2 Å². The van der Waals surface area contributed by atoms with Gasteiger partial charge >= 0.3 is 6.09 Å². The number of nitriles is 1. The van der Waals surface area contributed by atoms with Crippen LogP contribution in [0.1, 0.15) is 62.3 Å². The summed E-state index contributed by atoms with van der Waals surface area (Å²) in [6, 6.07) is 5.34. The van der Waals surface area contributed by atoms with Gasteiger partial charge < -0.3 is 14.4 Å². The molecule has 1 amide bonds. The van der Waals surface area contributed by atoms with E-state index in [0.717, 1.165) is 30.5 Å². The lowest BCUT2D eigenvalue weighted by atomic mass is 9.92. The Hall–Kier alpha value is -2.17. The second kappa shape index (κ2) is 7.58. The summed E-state index contributed by atoms with van der Waals surface area (Å²) >= 11 is 0. The van der Waals surface area contributed by atoms with Crippen LogP contribution in [0.5, 0.6) is 0 Å². The van der Waals surface area contributed by atoms with Crippen LogP contribution in [0.4, 0.5) is 9.18 Å². The van der Waals surface area contributed by atoms with Gasteiger partial charge in [0.05, 0.1) is 24.3 Å². The van der Waals surface area contributed by atoms with Gasteiger partial charge in [0.25, 0.3) is 0 Å². The van der Waals surface area contributed by atoms with E-state index in [9.17, 15) is 14.4 Å². The molecule has 4 rings (SSSR count). The first-order valence-electron chi connectivity index (χ1n) is 10.3. The maximum atomic E-state index is 14.2. The molecule has 156 valence electrons. The van der Waals surface area contributed by atoms with E-state index in [1.807, 2.05) is 20.8 Å². The first-order chi connectivity index (χ1) is 13.8. The number of piperazine rings is 1. The summed E-state index contributed by atoms with van der Waals surface area (Å²) in [5.74, 6) is -0.182. The number of halogens is 1. The molecule has 7 heteroatoms. The first-order valence-corrected chi connectivity index (χ1v) is 10.3. The molecular weight excluding hydrogens is 373 g/mol. The quantitative estimate of drug-likeness (QED) is 0.758. The lowest BCUT2D eigenvalue weighted by Gasteiger charge is -2.46. The van der Waals surface area contributed by atoms with Crippen LogP contribution >= 0.6 is 0 Å². The third-order valence-corrected chi connectivity index (χ3v) is 5.82. The molecule has 29 heavy (non-hydrogen) atoms. The summed E-state index contributed by atoms with van der Waals surface area (Å²) in [4.78, 5) is 16.5. The average molecular weight is 401 g/mol. The number of morpholine rings is 1. The van der Waals surface area contributed by atoms with Gasteiger partial charge in [0, 0.05) is 26.2 Å². The van der Waals surface area contributed by atoms with Crippen LogP contribution in [0, 0.1) is 17.1 Å². The van der Waals surface area contributed by atoms with E-state index in [2.05, 4.69) is 11.0 Å². The molecule has 3 fully saturated rings. The van der Waals surface area contributed by atoms with Crippen LogP contribution in [0.2, 0.25) is 0 Å². The number of carbonyl (C=O) groups excluding carboxylic acids is 1. The van der Waals surface area contributed by atoms with Gasteiger partial charge in [0.1, 0.15) is 17.5 Å². The van der Waals surface area contributed by atoms with Gasteiger partial charge in [0.2, 0.25) is 0 Å². The Bertz CT molecular complexity index is 841. The molecule has 1 aliphatic carbocycles. The Morgan fingerprint density at radius 3 is 2.69 bits per heavy atom. The Balaban J connectivity index is 1.46. The van der Waals surface area contributed by atoms with Crippen molar-refractivity contribution in [3.05, 3.63) is 34.6 Å². The molecule has 1 aromatic rings. The normalized spacial score (nSPS) is 25.3. The Morgan fingerprint density at radius 1 is 1.28 bits per heavy atom. The molecule has 2 heterocycles. The zero-order chi connectivity index (χ0) is 20.8. The minimum Gasteiger partial charge on any atom is -0.444 e. The van der Waals surface area contributed by atoms with Gasteiger partial charge in [0.15, 0.2) is 0 Å². The number of rotatable bonds is 2.